The number of carbonyl (C=O) groups excluding carboxylic acids is 2. The third-order valence-corrected chi connectivity index (χ3v) is 5.92. The Labute approximate surface area is 196 Å². The summed E-state index contributed by atoms with van der Waals surface area (Å²) in [5.41, 5.74) is 1.53. The van der Waals surface area contributed by atoms with E-state index in [1.807, 2.05) is 29.2 Å². The summed E-state index contributed by atoms with van der Waals surface area (Å²) in [5, 5.41) is 10.9. The molecule has 1 saturated heterocycles. The zero-order chi connectivity index (χ0) is 24.1. The van der Waals surface area contributed by atoms with Crippen LogP contribution in [0.4, 0.5) is 4.39 Å². The van der Waals surface area contributed by atoms with Gasteiger partial charge in [-0.2, -0.15) is 0 Å². The van der Waals surface area contributed by atoms with Crippen LogP contribution in [0.3, 0.4) is 0 Å². The number of likely N-dealkylation sites (tertiary alicyclic amines) is 1. The highest BCUT2D eigenvalue weighted by molar-refractivity contribution is 5.86. The van der Waals surface area contributed by atoms with Gasteiger partial charge in [0.1, 0.15) is 11.6 Å². The van der Waals surface area contributed by atoms with Crippen LogP contribution in [0.25, 0.3) is 0 Å². The van der Waals surface area contributed by atoms with Crippen molar-refractivity contribution < 1.29 is 23.5 Å². The van der Waals surface area contributed by atoms with E-state index in [1.165, 1.54) is 19.4 Å². The molecule has 1 aliphatic rings. The standard InChI is InChI=1S/C24H26FN5O4/c1-33-19-9-7-16(8-10-19)12-26-23(31)22-11-18(30-15-21(27-28-30)24(32)34-2)14-29(22)13-17-5-3-4-6-20(17)25/h3-10,15,18,22H,11-14H2,1-2H3,(H,26,31)/t18-,22-/m0/s1. The molecule has 2 heterocycles. The molecule has 1 fully saturated rings. The fourth-order valence-electron chi connectivity index (χ4n) is 4.07. The number of halogens is 1. The van der Waals surface area contributed by atoms with E-state index < -0.39 is 12.0 Å². The average Bonchev–Trinajstić information content (AvgIpc) is 3.51. The molecule has 0 unspecified atom stereocenters. The van der Waals surface area contributed by atoms with E-state index in [1.54, 1.807) is 30.0 Å². The van der Waals surface area contributed by atoms with Gasteiger partial charge >= 0.3 is 5.97 Å². The topological polar surface area (TPSA) is 98.6 Å². The average molecular weight is 468 g/mol. The Kier molecular flexibility index (Phi) is 7.17. The SMILES string of the molecule is COC(=O)c1cn([C@H]2C[C@@H](C(=O)NCc3ccc(OC)cc3)N(Cc3ccccc3F)C2)nn1. The third kappa shape index (κ3) is 5.23. The van der Waals surface area contributed by atoms with Crippen molar-refractivity contribution in [2.75, 3.05) is 20.8 Å². The van der Waals surface area contributed by atoms with Gasteiger partial charge in [0, 0.05) is 25.2 Å². The number of benzene rings is 2. The van der Waals surface area contributed by atoms with Crippen molar-refractivity contribution in [3.8, 4) is 5.75 Å². The summed E-state index contributed by atoms with van der Waals surface area (Å²) >= 11 is 0. The van der Waals surface area contributed by atoms with Crippen LogP contribution in [-0.2, 0) is 22.6 Å². The summed E-state index contributed by atoms with van der Waals surface area (Å²) in [7, 11) is 2.87. The fourth-order valence-corrected chi connectivity index (χ4v) is 4.07. The van der Waals surface area contributed by atoms with Gasteiger partial charge in [0.15, 0.2) is 5.69 Å². The Bertz CT molecular complexity index is 1150. The molecule has 1 aromatic heterocycles. The summed E-state index contributed by atoms with van der Waals surface area (Å²) in [6, 6.07) is 13.2. The lowest BCUT2D eigenvalue weighted by Crippen LogP contribution is -2.42. The number of aromatic nitrogens is 3. The number of esters is 1. The summed E-state index contributed by atoms with van der Waals surface area (Å²) in [6.45, 7) is 1.06. The Morgan fingerprint density at radius 1 is 1.15 bits per heavy atom. The molecule has 0 radical (unpaired) electrons. The molecule has 0 bridgehead atoms. The molecule has 1 amide bonds. The van der Waals surface area contributed by atoms with Crippen LogP contribution in [-0.4, -0.2) is 58.6 Å². The molecule has 2 aromatic carbocycles. The quantitative estimate of drug-likeness (QED) is 0.508. The number of hydrogen-bond donors (Lipinski definition) is 1. The van der Waals surface area contributed by atoms with Crippen molar-refractivity contribution in [3.05, 3.63) is 77.4 Å². The smallest absolute Gasteiger partial charge is 0.360 e. The van der Waals surface area contributed by atoms with Crippen molar-refractivity contribution in [1.29, 1.82) is 0 Å². The van der Waals surface area contributed by atoms with Crippen molar-refractivity contribution in [3.63, 3.8) is 0 Å². The van der Waals surface area contributed by atoms with Crippen LogP contribution in [0, 0.1) is 5.82 Å². The second kappa shape index (κ2) is 10.4. The molecule has 1 N–H and O–H groups in total. The predicted molar refractivity (Wildman–Crippen MR) is 120 cm³/mol. The third-order valence-electron chi connectivity index (χ3n) is 5.92. The monoisotopic (exact) mass is 467 g/mol. The minimum Gasteiger partial charge on any atom is -0.497 e. The van der Waals surface area contributed by atoms with Crippen LogP contribution >= 0.6 is 0 Å². The minimum absolute atomic E-state index is 0.0931. The zero-order valence-corrected chi connectivity index (χ0v) is 19.0. The Morgan fingerprint density at radius 3 is 2.62 bits per heavy atom. The van der Waals surface area contributed by atoms with Gasteiger partial charge in [-0.15, -0.1) is 5.10 Å². The predicted octanol–water partition coefficient (Wildman–Crippen LogP) is 2.34. The van der Waals surface area contributed by atoms with Gasteiger partial charge in [-0.05, 0) is 30.2 Å². The normalized spacial score (nSPS) is 18.0. The van der Waals surface area contributed by atoms with E-state index >= 15 is 0 Å². The van der Waals surface area contributed by atoms with Crippen LogP contribution in [0.1, 0.15) is 34.1 Å². The minimum atomic E-state index is -0.582. The molecule has 4 rings (SSSR count). The summed E-state index contributed by atoms with van der Waals surface area (Å²) in [4.78, 5) is 26.9. The van der Waals surface area contributed by atoms with E-state index in [0.29, 0.717) is 25.1 Å². The lowest BCUT2D eigenvalue weighted by Gasteiger charge is -2.23. The highest BCUT2D eigenvalue weighted by atomic mass is 19.1. The number of nitrogens with one attached hydrogen (secondary N) is 1. The lowest BCUT2D eigenvalue weighted by molar-refractivity contribution is -0.125. The molecular weight excluding hydrogens is 441 g/mol. The first-order valence-corrected chi connectivity index (χ1v) is 10.9. The first-order valence-electron chi connectivity index (χ1n) is 10.9. The van der Waals surface area contributed by atoms with Gasteiger partial charge < -0.3 is 14.8 Å². The molecular formula is C24H26FN5O4. The number of rotatable bonds is 8. The molecule has 3 aromatic rings. The molecule has 1 aliphatic heterocycles. The zero-order valence-electron chi connectivity index (χ0n) is 19.0. The lowest BCUT2D eigenvalue weighted by atomic mass is 10.1. The highest BCUT2D eigenvalue weighted by Crippen LogP contribution is 2.29. The summed E-state index contributed by atoms with van der Waals surface area (Å²) < 4.78 is 25.8. The van der Waals surface area contributed by atoms with E-state index in [2.05, 4.69) is 15.6 Å². The number of hydrogen-bond acceptors (Lipinski definition) is 7. The molecule has 10 heteroatoms. The molecule has 178 valence electrons. The van der Waals surface area contributed by atoms with E-state index in [0.717, 1.165) is 11.3 Å². The number of carbonyl (C=O) groups is 2. The molecule has 9 nitrogen and oxygen atoms in total. The molecule has 0 aliphatic carbocycles. The van der Waals surface area contributed by atoms with Crippen molar-refractivity contribution >= 4 is 11.9 Å². The molecule has 0 spiro atoms. The molecule has 0 saturated carbocycles. The Morgan fingerprint density at radius 2 is 1.91 bits per heavy atom. The van der Waals surface area contributed by atoms with E-state index in [4.69, 9.17) is 9.47 Å². The first kappa shape index (κ1) is 23.4. The second-order valence-corrected chi connectivity index (χ2v) is 8.07. The van der Waals surface area contributed by atoms with E-state index in [9.17, 15) is 14.0 Å². The van der Waals surface area contributed by atoms with Crippen molar-refractivity contribution in [1.82, 2.24) is 25.2 Å². The van der Waals surface area contributed by atoms with Gasteiger partial charge in [-0.25, -0.2) is 13.9 Å². The number of nitrogens with zero attached hydrogens (tertiary/aromatic N) is 4. The number of amides is 1. The van der Waals surface area contributed by atoms with Crippen molar-refractivity contribution in [2.24, 2.45) is 0 Å². The summed E-state index contributed by atoms with van der Waals surface area (Å²) in [6.07, 6.45) is 1.95. The van der Waals surface area contributed by atoms with Gasteiger partial charge in [-0.3, -0.25) is 9.69 Å². The van der Waals surface area contributed by atoms with Crippen LogP contribution in [0.5, 0.6) is 5.75 Å². The first-order chi connectivity index (χ1) is 16.5. The van der Waals surface area contributed by atoms with Crippen LogP contribution in [0.2, 0.25) is 0 Å². The maximum absolute atomic E-state index is 14.3. The summed E-state index contributed by atoms with van der Waals surface area (Å²) in [5.74, 6) is -0.329. The maximum Gasteiger partial charge on any atom is 0.360 e. The number of methoxy groups -OCH3 is 2. The second-order valence-electron chi connectivity index (χ2n) is 8.07. The maximum atomic E-state index is 14.3. The largest absolute Gasteiger partial charge is 0.497 e. The number of ether oxygens (including phenoxy) is 2. The Balaban J connectivity index is 1.50. The van der Waals surface area contributed by atoms with Gasteiger partial charge in [0.25, 0.3) is 0 Å². The van der Waals surface area contributed by atoms with Gasteiger partial charge in [0.05, 0.1) is 32.5 Å². The molecule has 2 atom stereocenters. The highest BCUT2D eigenvalue weighted by Gasteiger charge is 2.38. The van der Waals surface area contributed by atoms with Gasteiger partial charge in [-0.1, -0.05) is 35.5 Å². The van der Waals surface area contributed by atoms with Crippen LogP contribution in [0.15, 0.2) is 54.7 Å². The van der Waals surface area contributed by atoms with Crippen molar-refractivity contribution in [2.45, 2.75) is 31.6 Å². The Hall–Kier alpha value is -3.79. The van der Waals surface area contributed by atoms with E-state index in [-0.39, 0.29) is 30.0 Å². The fraction of sp³-hybridized carbons (Fsp3) is 0.333. The van der Waals surface area contributed by atoms with Crippen LogP contribution < -0.4 is 10.1 Å². The van der Waals surface area contributed by atoms with Gasteiger partial charge in [0.2, 0.25) is 5.91 Å². The molecule has 34 heavy (non-hydrogen) atoms.